The minimum absolute atomic E-state index is 0.0556. The van der Waals surface area contributed by atoms with Crippen LogP contribution >= 0.6 is 82.3 Å². The molecular formula is C20H39N3O4S9. The van der Waals surface area contributed by atoms with Crippen LogP contribution in [0.15, 0.2) is 9.98 Å². The highest BCUT2D eigenvalue weighted by molar-refractivity contribution is 8.23. The van der Waals surface area contributed by atoms with Crippen LogP contribution in [0.5, 0.6) is 0 Å². The summed E-state index contributed by atoms with van der Waals surface area (Å²) in [6, 6.07) is 0. The Balaban J connectivity index is 3.30. The molecule has 36 heavy (non-hydrogen) atoms. The number of carbonyl (C=O) groups excluding carboxylic acids is 1. The molecule has 1 amide bonds. The minimum atomic E-state index is -1.06. The van der Waals surface area contributed by atoms with Gasteiger partial charge in [0.25, 0.3) is 5.24 Å². The molecule has 0 aromatic heterocycles. The van der Waals surface area contributed by atoms with Crippen molar-refractivity contribution in [3.8, 4) is 0 Å². The van der Waals surface area contributed by atoms with Crippen molar-refractivity contribution in [2.45, 2.75) is 13.3 Å². The average Bonchev–Trinajstić information content (AvgIpc) is 2.87. The van der Waals surface area contributed by atoms with Gasteiger partial charge in [-0.05, 0) is 13.3 Å². The van der Waals surface area contributed by atoms with Gasteiger partial charge in [-0.25, -0.2) is 0 Å². The van der Waals surface area contributed by atoms with Gasteiger partial charge in [-0.3, -0.25) is 23.2 Å². The number of hydrogen-bond acceptors (Lipinski definition) is 13. The van der Waals surface area contributed by atoms with Crippen LogP contribution in [0.2, 0.25) is 0 Å². The Morgan fingerprint density at radius 2 is 1.42 bits per heavy atom. The predicted octanol–water partition coefficient (Wildman–Crippen LogP) is 4.61. The molecule has 7 nitrogen and oxygen atoms in total. The normalized spacial score (nSPS) is 13.5. The van der Waals surface area contributed by atoms with Gasteiger partial charge in [0.15, 0.2) is 0 Å². The molecule has 0 aromatic rings. The lowest BCUT2D eigenvalue weighted by molar-refractivity contribution is 0.261. The molecule has 212 valence electrons. The van der Waals surface area contributed by atoms with E-state index in [4.69, 9.17) is 5.11 Å². The van der Waals surface area contributed by atoms with Crippen LogP contribution in [0.4, 0.5) is 4.79 Å². The van der Waals surface area contributed by atoms with Gasteiger partial charge < -0.3 is 10.4 Å². The topological polar surface area (TPSA) is 108 Å². The standard InChI is InChI=1S/C20H39N3O4S9/c1-2-21-14-36(27)13-11-31-19-33-18-30-9-10-34-20(25)23-5-8-29-17-32-16-28-7-4-22-15-35(26)12-3-6-24/h14-15,24H,2-13,16-19H2,1H3,(H,23,25). The van der Waals surface area contributed by atoms with Crippen LogP contribution in [0.1, 0.15) is 13.3 Å². The Labute approximate surface area is 252 Å². The highest BCUT2D eigenvalue weighted by Crippen LogP contribution is 2.19. The van der Waals surface area contributed by atoms with Gasteiger partial charge in [-0.2, -0.15) is 23.5 Å². The van der Waals surface area contributed by atoms with Crippen molar-refractivity contribution in [2.75, 3.05) is 86.9 Å². The van der Waals surface area contributed by atoms with Crippen molar-refractivity contribution in [3.05, 3.63) is 0 Å². The van der Waals surface area contributed by atoms with E-state index in [9.17, 15) is 13.2 Å². The smallest absolute Gasteiger partial charge is 0.279 e. The van der Waals surface area contributed by atoms with Crippen molar-refractivity contribution in [3.63, 3.8) is 0 Å². The van der Waals surface area contributed by atoms with Crippen LogP contribution in [-0.4, -0.2) is 117 Å². The first kappa shape index (κ1) is 37.5. The van der Waals surface area contributed by atoms with Gasteiger partial charge >= 0.3 is 0 Å². The Hall–Kier alpha value is 1.52. The molecule has 2 N–H and O–H groups in total. The number of rotatable bonds is 26. The van der Waals surface area contributed by atoms with E-state index in [1.54, 1.807) is 5.55 Å². The van der Waals surface area contributed by atoms with Gasteiger partial charge in [0.05, 0.1) is 32.7 Å². The molecule has 0 fully saturated rings. The van der Waals surface area contributed by atoms with Crippen LogP contribution in [-0.2, 0) is 21.6 Å². The van der Waals surface area contributed by atoms with E-state index in [1.165, 1.54) is 17.3 Å². The molecule has 0 heterocycles. The van der Waals surface area contributed by atoms with Crippen molar-refractivity contribution < 1.29 is 18.3 Å². The van der Waals surface area contributed by atoms with Gasteiger partial charge in [0.1, 0.15) is 0 Å². The maximum Gasteiger partial charge on any atom is 0.279 e. The lowest BCUT2D eigenvalue weighted by Gasteiger charge is -2.05. The Kier molecular flexibility index (Phi) is 32.4. The minimum Gasteiger partial charge on any atom is -0.396 e. The molecule has 2 atom stereocenters. The van der Waals surface area contributed by atoms with E-state index in [1.807, 2.05) is 77.5 Å². The fraction of sp³-hybridized carbons (Fsp3) is 0.850. The Bertz CT molecular complexity index is 631. The number of nitrogens with one attached hydrogen (secondary N) is 1. The average molecular weight is 674 g/mol. The summed E-state index contributed by atoms with van der Waals surface area (Å²) in [5, 5.41) is 15.7. The van der Waals surface area contributed by atoms with Gasteiger partial charge in [-0.1, -0.05) is 11.8 Å². The monoisotopic (exact) mass is 673 g/mol. The van der Waals surface area contributed by atoms with Crippen LogP contribution in [0.3, 0.4) is 0 Å². The van der Waals surface area contributed by atoms with Gasteiger partial charge in [0.2, 0.25) is 0 Å². The van der Waals surface area contributed by atoms with E-state index in [0.717, 1.165) is 49.1 Å². The zero-order valence-corrected chi connectivity index (χ0v) is 28.1. The first-order valence-electron chi connectivity index (χ1n) is 11.3. The maximum absolute atomic E-state index is 11.9. The van der Waals surface area contributed by atoms with Crippen molar-refractivity contribution in [2.24, 2.45) is 9.98 Å². The van der Waals surface area contributed by atoms with Crippen molar-refractivity contribution >= 4 is 120 Å². The fourth-order valence-corrected chi connectivity index (χ4v) is 11.4. The highest BCUT2D eigenvalue weighted by Gasteiger charge is 2.02. The number of aliphatic imine (C=N–C) groups is 2. The highest BCUT2D eigenvalue weighted by atomic mass is 32.2. The maximum atomic E-state index is 11.9. The van der Waals surface area contributed by atoms with Crippen LogP contribution in [0, 0.1) is 0 Å². The Morgan fingerprint density at radius 1 is 0.806 bits per heavy atom. The lowest BCUT2D eigenvalue weighted by atomic mass is 10.5. The number of nitrogens with zero attached hydrogens (tertiary/aromatic N) is 2. The second-order valence-electron chi connectivity index (χ2n) is 6.44. The van der Waals surface area contributed by atoms with E-state index < -0.39 is 21.6 Å². The number of amides is 1. The third-order valence-electron chi connectivity index (χ3n) is 3.51. The Morgan fingerprint density at radius 3 is 2.11 bits per heavy atom. The number of thioether (sulfide) groups is 7. The van der Waals surface area contributed by atoms with Gasteiger partial charge in [0, 0.05) is 86.9 Å². The summed E-state index contributed by atoms with van der Waals surface area (Å²) >= 11 is 12.4. The summed E-state index contributed by atoms with van der Waals surface area (Å²) in [5.74, 6) is 5.63. The molecule has 0 spiro atoms. The third kappa shape index (κ3) is 30.1. The molecule has 16 heteroatoms. The third-order valence-corrected chi connectivity index (χ3v) is 14.2. The second kappa shape index (κ2) is 31.1. The zero-order chi connectivity index (χ0) is 26.5. The molecule has 0 rings (SSSR count). The molecule has 0 aliphatic rings. The number of carbonyl (C=O) groups is 1. The summed E-state index contributed by atoms with van der Waals surface area (Å²) in [6.45, 7) is 4.05. The molecule has 2 unspecified atom stereocenters. The van der Waals surface area contributed by atoms with Gasteiger partial charge in [-0.15, -0.1) is 47.0 Å². The largest absolute Gasteiger partial charge is 0.396 e. The number of aliphatic hydroxyl groups excluding tert-OH is 1. The first-order chi connectivity index (χ1) is 17.6. The zero-order valence-electron chi connectivity index (χ0n) is 20.7. The van der Waals surface area contributed by atoms with E-state index in [2.05, 4.69) is 15.3 Å². The fourth-order valence-electron chi connectivity index (χ4n) is 1.87. The molecule has 0 aromatic carbocycles. The second-order valence-corrected chi connectivity index (χ2v) is 18.1. The van der Waals surface area contributed by atoms with Crippen molar-refractivity contribution in [1.29, 1.82) is 0 Å². The van der Waals surface area contributed by atoms with E-state index >= 15 is 0 Å². The molecular weight excluding hydrogens is 635 g/mol. The SMILES string of the molecule is CCN=CS(=O)CCSCSCSCCSC(=O)NCCSCSCSCCN=CS(=O)CCCO. The molecule has 0 saturated heterocycles. The summed E-state index contributed by atoms with van der Waals surface area (Å²) in [6.07, 6.45) is 0.548. The summed E-state index contributed by atoms with van der Waals surface area (Å²) in [5.41, 5.74) is 3.04. The summed E-state index contributed by atoms with van der Waals surface area (Å²) < 4.78 is 23.0. The number of aliphatic hydroxyl groups is 1. The number of hydrogen-bond donors (Lipinski definition) is 2. The molecule has 0 radical (unpaired) electrons. The summed E-state index contributed by atoms with van der Waals surface area (Å²) in [4.78, 5) is 20.0. The molecule has 0 aliphatic heterocycles. The predicted molar refractivity (Wildman–Crippen MR) is 180 cm³/mol. The van der Waals surface area contributed by atoms with E-state index in [0.29, 0.717) is 37.6 Å². The molecule has 0 bridgehead atoms. The van der Waals surface area contributed by atoms with Crippen molar-refractivity contribution in [1.82, 2.24) is 5.32 Å². The molecule has 0 saturated carbocycles. The van der Waals surface area contributed by atoms with Crippen LogP contribution in [0.25, 0.3) is 0 Å². The lowest BCUT2D eigenvalue weighted by Crippen LogP contribution is -2.22. The van der Waals surface area contributed by atoms with E-state index in [-0.39, 0.29) is 11.8 Å². The van der Waals surface area contributed by atoms with Crippen LogP contribution < -0.4 is 5.32 Å². The molecule has 0 aliphatic carbocycles. The quantitative estimate of drug-likeness (QED) is 0.0582. The summed E-state index contributed by atoms with van der Waals surface area (Å²) in [7, 11) is -1.99. The first-order valence-corrected chi connectivity index (χ1v) is 22.0.